The first kappa shape index (κ1) is 18.5. The zero-order valence-corrected chi connectivity index (χ0v) is 15.5. The van der Waals surface area contributed by atoms with Crippen LogP contribution in [0, 0.1) is 11.3 Å². The van der Waals surface area contributed by atoms with Crippen LogP contribution < -0.4 is 15.2 Å². The standard InChI is InChI=1S/C21H18N2O3S/c1-2-26-18-11-15(19-4-3-9-27-19)10-16(12-18)20(21(24)25)23-17-7-5-14(13-22)6-8-17/h3-12,20,23H,2H2,1H3,(H,24,25)/p-1. The topological polar surface area (TPSA) is 85.2 Å². The van der Waals surface area contributed by atoms with Crippen molar-refractivity contribution in [3.63, 3.8) is 0 Å². The molecule has 1 N–H and O–H groups in total. The number of nitriles is 1. The van der Waals surface area contributed by atoms with Gasteiger partial charge in [-0.25, -0.2) is 0 Å². The van der Waals surface area contributed by atoms with Gasteiger partial charge in [0.15, 0.2) is 0 Å². The number of carbonyl (C=O) groups excluding carboxylic acids is 1. The number of aliphatic carboxylic acids is 1. The van der Waals surface area contributed by atoms with Crippen molar-refractivity contribution in [2.45, 2.75) is 13.0 Å². The van der Waals surface area contributed by atoms with Gasteiger partial charge in [-0.05, 0) is 72.0 Å². The van der Waals surface area contributed by atoms with Crippen molar-refractivity contribution in [1.29, 1.82) is 5.26 Å². The zero-order chi connectivity index (χ0) is 19.2. The van der Waals surface area contributed by atoms with Crippen LogP contribution in [0.4, 0.5) is 5.69 Å². The highest BCUT2D eigenvalue weighted by molar-refractivity contribution is 7.13. The van der Waals surface area contributed by atoms with Crippen LogP contribution >= 0.6 is 11.3 Å². The molecule has 5 nitrogen and oxygen atoms in total. The lowest BCUT2D eigenvalue weighted by atomic mass is 10.0. The van der Waals surface area contributed by atoms with Gasteiger partial charge in [-0.15, -0.1) is 11.3 Å². The van der Waals surface area contributed by atoms with Crippen LogP contribution in [0.3, 0.4) is 0 Å². The van der Waals surface area contributed by atoms with E-state index in [2.05, 4.69) is 5.32 Å². The SMILES string of the molecule is CCOc1cc(-c2cccs2)cc(C(Nc2ccc(C#N)cc2)C(=O)[O-])c1. The quantitative estimate of drug-likeness (QED) is 0.680. The van der Waals surface area contributed by atoms with Gasteiger partial charge in [0, 0.05) is 10.6 Å². The summed E-state index contributed by atoms with van der Waals surface area (Å²) >= 11 is 1.57. The van der Waals surface area contributed by atoms with Gasteiger partial charge in [-0.1, -0.05) is 6.07 Å². The molecule has 0 fully saturated rings. The Hall–Kier alpha value is -3.30. The number of carboxylic acid groups (broad SMARTS) is 1. The van der Waals surface area contributed by atoms with E-state index in [0.29, 0.717) is 29.2 Å². The predicted molar refractivity (Wildman–Crippen MR) is 103 cm³/mol. The lowest BCUT2D eigenvalue weighted by Crippen LogP contribution is -2.34. The molecule has 0 aliphatic heterocycles. The Morgan fingerprint density at radius 3 is 2.63 bits per heavy atom. The van der Waals surface area contributed by atoms with E-state index in [0.717, 1.165) is 10.4 Å². The third-order valence-electron chi connectivity index (χ3n) is 3.94. The fraction of sp³-hybridized carbons (Fsp3) is 0.143. The third-order valence-corrected chi connectivity index (χ3v) is 4.86. The fourth-order valence-corrected chi connectivity index (χ4v) is 3.42. The monoisotopic (exact) mass is 377 g/mol. The Labute approximate surface area is 161 Å². The summed E-state index contributed by atoms with van der Waals surface area (Å²) in [4.78, 5) is 12.9. The molecule has 0 bridgehead atoms. The lowest BCUT2D eigenvalue weighted by Gasteiger charge is -2.23. The van der Waals surface area contributed by atoms with E-state index in [1.54, 1.807) is 41.7 Å². The van der Waals surface area contributed by atoms with Crippen LogP contribution in [0.1, 0.15) is 24.1 Å². The van der Waals surface area contributed by atoms with Crippen molar-refractivity contribution in [1.82, 2.24) is 0 Å². The average molecular weight is 377 g/mol. The summed E-state index contributed by atoms with van der Waals surface area (Å²) in [5, 5.41) is 25.7. The minimum Gasteiger partial charge on any atom is -0.548 e. The maximum Gasteiger partial charge on any atom is 0.120 e. The molecule has 136 valence electrons. The number of hydrogen-bond acceptors (Lipinski definition) is 6. The normalized spacial score (nSPS) is 11.4. The second-order valence-electron chi connectivity index (χ2n) is 5.79. The molecule has 0 saturated carbocycles. The van der Waals surface area contributed by atoms with Crippen molar-refractivity contribution in [2.75, 3.05) is 11.9 Å². The van der Waals surface area contributed by atoms with Crippen molar-refractivity contribution in [3.05, 3.63) is 71.1 Å². The summed E-state index contributed by atoms with van der Waals surface area (Å²) in [5.41, 5.74) is 2.51. The highest BCUT2D eigenvalue weighted by Crippen LogP contribution is 2.32. The van der Waals surface area contributed by atoms with E-state index in [1.165, 1.54) is 0 Å². The first-order valence-corrected chi connectivity index (χ1v) is 9.28. The fourth-order valence-electron chi connectivity index (χ4n) is 2.71. The van der Waals surface area contributed by atoms with Gasteiger partial charge < -0.3 is 20.0 Å². The predicted octanol–water partition coefficient (Wildman–Crippen LogP) is 3.59. The lowest BCUT2D eigenvalue weighted by molar-refractivity contribution is -0.307. The van der Waals surface area contributed by atoms with E-state index < -0.39 is 12.0 Å². The van der Waals surface area contributed by atoms with Crippen molar-refractivity contribution < 1.29 is 14.6 Å². The second-order valence-corrected chi connectivity index (χ2v) is 6.73. The molecule has 1 unspecified atom stereocenters. The summed E-state index contributed by atoms with van der Waals surface area (Å²) in [5.74, 6) is -0.642. The number of carbonyl (C=O) groups is 1. The molecule has 0 spiro atoms. The maximum atomic E-state index is 11.8. The molecule has 6 heteroatoms. The van der Waals surface area contributed by atoms with E-state index in [4.69, 9.17) is 10.00 Å². The summed E-state index contributed by atoms with van der Waals surface area (Å²) in [6, 6.07) is 16.9. The minimum absolute atomic E-state index is 0.479. The average Bonchev–Trinajstić information content (AvgIpc) is 3.21. The molecule has 1 atom stereocenters. The summed E-state index contributed by atoms with van der Waals surface area (Å²) < 4.78 is 5.62. The number of nitrogens with one attached hydrogen (secondary N) is 1. The van der Waals surface area contributed by atoms with Crippen LogP contribution in [0.2, 0.25) is 0 Å². The number of rotatable bonds is 7. The Bertz CT molecular complexity index is 960. The van der Waals surface area contributed by atoms with Gasteiger partial charge in [0.1, 0.15) is 5.75 Å². The highest BCUT2D eigenvalue weighted by Gasteiger charge is 2.16. The molecule has 1 heterocycles. The van der Waals surface area contributed by atoms with E-state index >= 15 is 0 Å². The van der Waals surface area contributed by atoms with Gasteiger partial charge in [0.05, 0.1) is 30.3 Å². The van der Waals surface area contributed by atoms with Crippen molar-refractivity contribution in [3.8, 4) is 22.3 Å². The largest absolute Gasteiger partial charge is 0.548 e. The third kappa shape index (κ3) is 4.46. The molecule has 3 aromatic rings. The number of ether oxygens (including phenoxy) is 1. The van der Waals surface area contributed by atoms with Crippen LogP contribution in [0.25, 0.3) is 10.4 Å². The summed E-state index contributed by atoms with van der Waals surface area (Å²) in [6.45, 7) is 2.36. The van der Waals surface area contributed by atoms with Crippen LogP contribution in [-0.4, -0.2) is 12.6 Å². The molecular weight excluding hydrogens is 360 g/mol. The van der Waals surface area contributed by atoms with E-state index in [1.807, 2.05) is 42.6 Å². The Balaban J connectivity index is 1.98. The first-order chi connectivity index (χ1) is 13.1. The van der Waals surface area contributed by atoms with Gasteiger partial charge in [0.2, 0.25) is 0 Å². The van der Waals surface area contributed by atoms with Crippen LogP contribution in [-0.2, 0) is 4.79 Å². The second kappa shape index (κ2) is 8.39. The maximum absolute atomic E-state index is 11.8. The number of anilines is 1. The molecule has 0 radical (unpaired) electrons. The molecule has 2 aromatic carbocycles. The molecule has 0 aliphatic carbocycles. The van der Waals surface area contributed by atoms with Crippen molar-refractivity contribution >= 4 is 23.0 Å². The minimum atomic E-state index is -1.25. The van der Waals surface area contributed by atoms with Gasteiger partial charge in [0.25, 0.3) is 0 Å². The first-order valence-electron chi connectivity index (χ1n) is 8.40. The zero-order valence-electron chi connectivity index (χ0n) is 14.6. The molecule has 0 amide bonds. The summed E-state index contributed by atoms with van der Waals surface area (Å²) in [7, 11) is 0. The Morgan fingerprint density at radius 2 is 2.04 bits per heavy atom. The van der Waals surface area contributed by atoms with Crippen LogP contribution in [0.15, 0.2) is 60.0 Å². The Morgan fingerprint density at radius 1 is 1.26 bits per heavy atom. The van der Waals surface area contributed by atoms with Gasteiger partial charge >= 0.3 is 0 Å². The summed E-state index contributed by atoms with van der Waals surface area (Å²) in [6.07, 6.45) is 0. The molecular formula is C21H17N2O3S-. The highest BCUT2D eigenvalue weighted by atomic mass is 32.1. The number of benzene rings is 2. The van der Waals surface area contributed by atoms with E-state index in [-0.39, 0.29) is 0 Å². The van der Waals surface area contributed by atoms with Gasteiger partial charge in [-0.2, -0.15) is 5.26 Å². The molecule has 0 saturated heterocycles. The number of carboxylic acids is 1. The number of hydrogen-bond donors (Lipinski definition) is 1. The molecule has 1 aromatic heterocycles. The van der Waals surface area contributed by atoms with Crippen LogP contribution in [0.5, 0.6) is 5.75 Å². The Kier molecular flexibility index (Phi) is 5.74. The van der Waals surface area contributed by atoms with Crippen molar-refractivity contribution in [2.24, 2.45) is 0 Å². The number of thiophene rings is 1. The molecule has 0 aliphatic rings. The molecule has 27 heavy (non-hydrogen) atoms. The van der Waals surface area contributed by atoms with E-state index in [9.17, 15) is 9.90 Å². The van der Waals surface area contributed by atoms with Gasteiger partial charge in [-0.3, -0.25) is 0 Å². The number of nitrogens with zero attached hydrogens (tertiary/aromatic N) is 1. The molecule has 3 rings (SSSR count). The smallest absolute Gasteiger partial charge is 0.120 e.